The van der Waals surface area contributed by atoms with Crippen LogP contribution < -0.4 is 4.74 Å². The average molecular weight is 282 g/mol. The summed E-state index contributed by atoms with van der Waals surface area (Å²) in [5.74, 6) is 0.977. The summed E-state index contributed by atoms with van der Waals surface area (Å²) in [6.45, 7) is 1.69. The van der Waals surface area contributed by atoms with Crippen LogP contribution in [0.1, 0.15) is 23.1 Å². The van der Waals surface area contributed by atoms with E-state index in [2.05, 4.69) is 67.5 Å². The smallest absolute Gasteiger partial charge is 0.127 e. The van der Waals surface area contributed by atoms with Crippen molar-refractivity contribution < 1.29 is 4.74 Å². The molecule has 21 heavy (non-hydrogen) atoms. The number of para-hydroxylation sites is 1. The molecular weight excluding hydrogens is 261 g/mol. The molecule has 0 saturated carbocycles. The molecule has 0 saturated heterocycles. The van der Waals surface area contributed by atoms with Crippen molar-refractivity contribution in [3.05, 3.63) is 71.3 Å². The van der Waals surface area contributed by atoms with Gasteiger partial charge in [-0.05, 0) is 43.3 Å². The second-order valence-corrected chi connectivity index (χ2v) is 5.65. The lowest BCUT2D eigenvalue weighted by molar-refractivity contribution is 0.307. The number of rotatable bonds is 3. The van der Waals surface area contributed by atoms with E-state index < -0.39 is 0 Å². The number of benzene rings is 2. The van der Waals surface area contributed by atoms with Gasteiger partial charge in [0.2, 0.25) is 0 Å². The molecule has 1 aliphatic heterocycles. The predicted molar refractivity (Wildman–Crippen MR) is 87.5 cm³/mol. The van der Waals surface area contributed by atoms with E-state index in [4.69, 9.17) is 4.74 Å². The van der Waals surface area contributed by atoms with E-state index in [1.54, 1.807) is 0 Å². The van der Waals surface area contributed by atoms with Crippen molar-refractivity contribution in [3.8, 4) is 5.75 Å². The molecule has 1 heterocycles. The highest BCUT2D eigenvalue weighted by Crippen LogP contribution is 2.36. The highest BCUT2D eigenvalue weighted by molar-refractivity contribution is 5.84. The lowest BCUT2D eigenvalue weighted by Crippen LogP contribution is -2.12. The van der Waals surface area contributed by atoms with Gasteiger partial charge in [0.25, 0.3) is 0 Å². The van der Waals surface area contributed by atoms with Gasteiger partial charge in [0.05, 0.1) is 0 Å². The van der Waals surface area contributed by atoms with Crippen molar-refractivity contribution in [1.82, 2.24) is 4.90 Å². The lowest BCUT2D eigenvalue weighted by atomic mass is 9.97. The van der Waals surface area contributed by atoms with Gasteiger partial charge in [-0.3, -0.25) is 0 Å². The summed E-state index contributed by atoms with van der Waals surface area (Å²) in [5, 5.41) is 0. The number of ether oxygens (including phenoxy) is 1. The molecular formula is C19H21NO. The van der Waals surface area contributed by atoms with Gasteiger partial charge in [-0.25, -0.2) is 0 Å². The van der Waals surface area contributed by atoms with Gasteiger partial charge < -0.3 is 9.64 Å². The zero-order valence-electron chi connectivity index (χ0n) is 12.7. The zero-order valence-corrected chi connectivity index (χ0v) is 12.7. The van der Waals surface area contributed by atoms with E-state index in [1.807, 2.05) is 6.07 Å². The monoisotopic (exact) mass is 282 g/mol. The van der Waals surface area contributed by atoms with Crippen molar-refractivity contribution in [2.75, 3.05) is 20.6 Å². The predicted octanol–water partition coefficient (Wildman–Crippen LogP) is 3.96. The Morgan fingerprint density at radius 1 is 1.00 bits per heavy atom. The topological polar surface area (TPSA) is 12.5 Å². The molecule has 0 unspecified atom stereocenters. The van der Waals surface area contributed by atoms with Crippen LogP contribution >= 0.6 is 0 Å². The third-order valence-electron chi connectivity index (χ3n) is 3.79. The molecule has 2 aromatic rings. The van der Waals surface area contributed by atoms with Gasteiger partial charge in [-0.2, -0.15) is 0 Å². The fourth-order valence-electron chi connectivity index (χ4n) is 2.71. The zero-order chi connectivity index (χ0) is 14.7. The second-order valence-electron chi connectivity index (χ2n) is 5.65. The molecule has 2 nitrogen and oxygen atoms in total. The van der Waals surface area contributed by atoms with Crippen LogP contribution in [-0.2, 0) is 6.61 Å². The van der Waals surface area contributed by atoms with Crippen LogP contribution in [0.2, 0.25) is 0 Å². The molecule has 3 rings (SSSR count). The molecule has 0 aliphatic carbocycles. The fourth-order valence-corrected chi connectivity index (χ4v) is 2.71. The van der Waals surface area contributed by atoms with Crippen LogP contribution in [0.3, 0.4) is 0 Å². The largest absolute Gasteiger partial charge is 0.488 e. The Hall–Kier alpha value is -2.06. The maximum Gasteiger partial charge on any atom is 0.127 e. The van der Waals surface area contributed by atoms with E-state index in [1.165, 1.54) is 22.3 Å². The van der Waals surface area contributed by atoms with Gasteiger partial charge in [0.15, 0.2) is 0 Å². The summed E-state index contributed by atoms with van der Waals surface area (Å²) < 4.78 is 5.98. The normalized spacial score (nSPS) is 15.3. The number of hydrogen-bond donors (Lipinski definition) is 0. The fraction of sp³-hybridized carbons (Fsp3) is 0.263. The van der Waals surface area contributed by atoms with Crippen molar-refractivity contribution in [3.63, 3.8) is 0 Å². The Kier molecular flexibility index (Phi) is 4.07. The van der Waals surface area contributed by atoms with Crippen LogP contribution in [0.15, 0.2) is 54.6 Å². The molecule has 0 N–H and O–H groups in total. The van der Waals surface area contributed by atoms with Crippen LogP contribution in [0.5, 0.6) is 5.75 Å². The third-order valence-corrected chi connectivity index (χ3v) is 3.79. The van der Waals surface area contributed by atoms with Crippen molar-refractivity contribution >= 4 is 5.57 Å². The third kappa shape index (κ3) is 3.01. The first-order valence-corrected chi connectivity index (χ1v) is 7.41. The Morgan fingerprint density at radius 2 is 1.71 bits per heavy atom. The summed E-state index contributed by atoms with van der Waals surface area (Å²) in [4.78, 5) is 2.21. The first-order valence-electron chi connectivity index (χ1n) is 7.41. The van der Waals surface area contributed by atoms with Crippen LogP contribution in [0.25, 0.3) is 5.57 Å². The van der Waals surface area contributed by atoms with Crippen molar-refractivity contribution in [2.45, 2.75) is 13.0 Å². The molecule has 2 aromatic carbocycles. The second kappa shape index (κ2) is 6.15. The number of hydrogen-bond acceptors (Lipinski definition) is 2. The standard InChI is InChI=1S/C19H21NO/c1-20(2)13-7-11-17-16-9-4-3-8-15(16)14-21-19-12-6-5-10-18(17)19/h3-6,8-12H,7,13-14H2,1-2H3/b17-11+/i7+1,11+1,13+1. The lowest BCUT2D eigenvalue weighted by Gasteiger charge is -2.12. The molecule has 0 fully saturated rings. The number of nitrogens with zero attached hydrogens (tertiary/aromatic N) is 1. The van der Waals surface area contributed by atoms with Crippen molar-refractivity contribution in [2.24, 2.45) is 0 Å². The van der Waals surface area contributed by atoms with E-state index >= 15 is 0 Å². The number of fused-ring (bicyclic) bond motifs is 2. The molecule has 0 spiro atoms. The minimum absolute atomic E-state index is 0.637. The van der Waals surface area contributed by atoms with Gasteiger partial charge in [-0.1, -0.05) is 48.5 Å². The molecule has 0 atom stereocenters. The van der Waals surface area contributed by atoms with Gasteiger partial charge in [-0.15, -0.1) is 0 Å². The molecule has 2 heteroatoms. The van der Waals surface area contributed by atoms with Crippen LogP contribution in [-0.4, -0.2) is 25.5 Å². The maximum atomic E-state index is 5.98. The van der Waals surface area contributed by atoms with Crippen molar-refractivity contribution in [1.29, 1.82) is 0 Å². The highest BCUT2D eigenvalue weighted by atomic mass is 16.5. The first kappa shape index (κ1) is 13.9. The van der Waals surface area contributed by atoms with Gasteiger partial charge in [0, 0.05) is 12.1 Å². The minimum atomic E-state index is 0.637. The van der Waals surface area contributed by atoms with Gasteiger partial charge in [0.1, 0.15) is 12.4 Å². The Labute approximate surface area is 126 Å². The van der Waals surface area contributed by atoms with E-state index in [0.717, 1.165) is 18.7 Å². The summed E-state index contributed by atoms with van der Waals surface area (Å²) in [5.41, 5.74) is 5.03. The van der Waals surface area contributed by atoms with Gasteiger partial charge >= 0.3 is 0 Å². The molecule has 0 amide bonds. The molecule has 0 bridgehead atoms. The summed E-state index contributed by atoms with van der Waals surface area (Å²) >= 11 is 0. The van der Waals surface area contributed by atoms with Crippen LogP contribution in [0.4, 0.5) is 0 Å². The molecule has 1 aliphatic rings. The Bertz CT molecular complexity index is 609. The maximum absolute atomic E-state index is 5.98. The van der Waals surface area contributed by atoms with E-state index in [0.29, 0.717) is 6.61 Å². The Morgan fingerprint density at radius 3 is 2.52 bits per heavy atom. The van der Waals surface area contributed by atoms with E-state index in [9.17, 15) is 0 Å². The first-order chi connectivity index (χ1) is 10.3. The Balaban J connectivity index is 2.07. The quantitative estimate of drug-likeness (QED) is 0.790. The molecule has 108 valence electrons. The molecule has 0 aromatic heterocycles. The average Bonchev–Trinajstić information content (AvgIpc) is 2.65. The van der Waals surface area contributed by atoms with E-state index in [-0.39, 0.29) is 0 Å². The summed E-state index contributed by atoms with van der Waals surface area (Å²) in [6, 6.07) is 16.9. The van der Waals surface area contributed by atoms with Crippen LogP contribution in [0, 0.1) is 0 Å². The summed E-state index contributed by atoms with van der Waals surface area (Å²) in [6.07, 6.45) is 3.37. The molecule has 0 radical (unpaired) electrons. The summed E-state index contributed by atoms with van der Waals surface area (Å²) in [7, 11) is 4.22. The highest BCUT2D eigenvalue weighted by Gasteiger charge is 2.17. The minimum Gasteiger partial charge on any atom is -0.488 e. The SMILES string of the molecule is CN(C)[13CH2][13CH2]/[13CH]=C1\c2ccccc2COc2ccccc21.